The topological polar surface area (TPSA) is 38.3 Å². The number of unbranched alkanes of at least 4 members (excludes halogenated alkanes) is 1. The molecule has 0 atom stereocenters. The van der Waals surface area contributed by atoms with Crippen molar-refractivity contribution in [2.75, 3.05) is 6.61 Å². The van der Waals surface area contributed by atoms with E-state index in [1.165, 1.54) is 6.42 Å². The van der Waals surface area contributed by atoms with Crippen LogP contribution in [-0.2, 0) is 9.63 Å². The molecule has 15 heavy (non-hydrogen) atoms. The maximum atomic E-state index is 11.8. The first-order valence-electron chi connectivity index (χ1n) is 5.80. The number of carbonyl (C=O) groups is 1. The highest BCUT2D eigenvalue weighted by Crippen LogP contribution is 2.35. The lowest BCUT2D eigenvalue weighted by atomic mass is 9.88. The van der Waals surface area contributed by atoms with Crippen LogP contribution in [0, 0.1) is 0 Å². The van der Waals surface area contributed by atoms with E-state index in [4.69, 9.17) is 4.84 Å². The summed E-state index contributed by atoms with van der Waals surface area (Å²) in [5.41, 5.74) is 2.54. The molecular weight excluding hydrogens is 258 g/mol. The van der Waals surface area contributed by atoms with E-state index in [0.29, 0.717) is 6.61 Å². The summed E-state index contributed by atoms with van der Waals surface area (Å²) in [5.74, 6) is -0.0155. The molecule has 1 N–H and O–H groups in total. The Kier molecular flexibility index (Phi) is 5.61. The normalized spacial score (nSPS) is 19.9. The molecule has 88 valence electrons. The summed E-state index contributed by atoms with van der Waals surface area (Å²) in [6, 6.07) is 0. The van der Waals surface area contributed by atoms with Crippen molar-refractivity contribution in [3.05, 3.63) is 0 Å². The number of amides is 1. The molecule has 1 rings (SSSR count). The van der Waals surface area contributed by atoms with E-state index in [0.717, 1.165) is 38.5 Å². The molecule has 0 aliphatic heterocycles. The predicted octanol–water partition coefficient (Wildman–Crippen LogP) is 2.93. The predicted molar refractivity (Wildman–Crippen MR) is 63.7 cm³/mol. The second-order valence-electron chi connectivity index (χ2n) is 4.16. The van der Waals surface area contributed by atoms with Crippen molar-refractivity contribution in [1.82, 2.24) is 5.48 Å². The monoisotopic (exact) mass is 277 g/mol. The van der Waals surface area contributed by atoms with Crippen LogP contribution >= 0.6 is 15.9 Å². The highest BCUT2D eigenvalue weighted by molar-refractivity contribution is 9.10. The van der Waals surface area contributed by atoms with E-state index in [1.807, 2.05) is 0 Å². The second kappa shape index (κ2) is 6.48. The van der Waals surface area contributed by atoms with Gasteiger partial charge in [-0.15, -0.1) is 0 Å². The first-order valence-corrected chi connectivity index (χ1v) is 6.59. The zero-order valence-corrected chi connectivity index (χ0v) is 10.9. The third kappa shape index (κ3) is 4.11. The molecule has 1 aliphatic carbocycles. The second-order valence-corrected chi connectivity index (χ2v) is 5.68. The van der Waals surface area contributed by atoms with Gasteiger partial charge in [0.25, 0.3) is 5.91 Å². The molecule has 0 radical (unpaired) electrons. The van der Waals surface area contributed by atoms with Gasteiger partial charge in [-0.3, -0.25) is 9.63 Å². The fourth-order valence-electron chi connectivity index (χ4n) is 1.76. The number of halogens is 1. The summed E-state index contributed by atoms with van der Waals surface area (Å²) in [6.07, 6.45) is 7.36. The minimum Gasteiger partial charge on any atom is -0.274 e. The van der Waals surface area contributed by atoms with E-state index < -0.39 is 0 Å². The summed E-state index contributed by atoms with van der Waals surface area (Å²) in [7, 11) is 0. The lowest BCUT2D eigenvalue weighted by molar-refractivity contribution is -0.136. The molecule has 0 bridgehead atoms. The van der Waals surface area contributed by atoms with Crippen molar-refractivity contribution in [3.8, 4) is 0 Å². The third-order valence-electron chi connectivity index (χ3n) is 2.82. The fourth-order valence-corrected chi connectivity index (χ4v) is 2.41. The average molecular weight is 278 g/mol. The molecule has 1 saturated carbocycles. The van der Waals surface area contributed by atoms with Gasteiger partial charge in [0.2, 0.25) is 0 Å². The number of alkyl halides is 1. The molecule has 0 unspecified atom stereocenters. The number of rotatable bonds is 5. The third-order valence-corrected chi connectivity index (χ3v) is 3.97. The lowest BCUT2D eigenvalue weighted by Crippen LogP contribution is -2.43. The highest BCUT2D eigenvalue weighted by atomic mass is 79.9. The van der Waals surface area contributed by atoms with E-state index in [2.05, 4.69) is 28.3 Å². The van der Waals surface area contributed by atoms with Gasteiger partial charge < -0.3 is 0 Å². The van der Waals surface area contributed by atoms with Crippen molar-refractivity contribution < 1.29 is 9.63 Å². The molecular formula is C11H20BrNO2. The molecule has 1 fully saturated rings. The quantitative estimate of drug-likeness (QED) is 0.477. The summed E-state index contributed by atoms with van der Waals surface area (Å²) in [4.78, 5) is 16.9. The number of hydrogen-bond acceptors (Lipinski definition) is 2. The van der Waals surface area contributed by atoms with Gasteiger partial charge in [-0.05, 0) is 19.3 Å². The average Bonchev–Trinajstić information content (AvgIpc) is 2.25. The van der Waals surface area contributed by atoms with Gasteiger partial charge in [-0.25, -0.2) is 5.48 Å². The summed E-state index contributed by atoms with van der Waals surface area (Å²) >= 11 is 3.54. The Morgan fingerprint density at radius 3 is 2.67 bits per heavy atom. The summed E-state index contributed by atoms with van der Waals surface area (Å²) < 4.78 is -0.378. The highest BCUT2D eigenvalue weighted by Gasteiger charge is 2.36. The van der Waals surface area contributed by atoms with Crippen LogP contribution in [-0.4, -0.2) is 16.8 Å². The molecule has 0 heterocycles. The SMILES string of the molecule is CCCCONC(=O)C1(Br)CCCCC1. The van der Waals surface area contributed by atoms with Gasteiger partial charge >= 0.3 is 0 Å². The Bertz CT molecular complexity index is 203. The van der Waals surface area contributed by atoms with Crippen molar-refractivity contribution >= 4 is 21.8 Å². The molecule has 3 nitrogen and oxygen atoms in total. The van der Waals surface area contributed by atoms with Crippen LogP contribution in [0.3, 0.4) is 0 Å². The number of hydroxylamine groups is 1. The standard InChI is InChI=1S/C11H20BrNO2/c1-2-3-9-15-13-10(14)11(12)7-5-4-6-8-11/h2-9H2,1H3,(H,13,14). The van der Waals surface area contributed by atoms with Gasteiger partial charge in [0.15, 0.2) is 0 Å². The van der Waals surface area contributed by atoms with Crippen LogP contribution < -0.4 is 5.48 Å². The van der Waals surface area contributed by atoms with Crippen LogP contribution in [0.15, 0.2) is 0 Å². The van der Waals surface area contributed by atoms with Crippen molar-refractivity contribution in [2.24, 2.45) is 0 Å². The summed E-state index contributed by atoms with van der Waals surface area (Å²) in [6.45, 7) is 2.70. The van der Waals surface area contributed by atoms with Crippen LogP contribution in [0.2, 0.25) is 0 Å². The molecule has 1 aliphatic rings. The lowest BCUT2D eigenvalue weighted by Gasteiger charge is -2.29. The fraction of sp³-hybridized carbons (Fsp3) is 0.909. The van der Waals surface area contributed by atoms with E-state index in [-0.39, 0.29) is 10.2 Å². The van der Waals surface area contributed by atoms with E-state index >= 15 is 0 Å². The number of hydrogen-bond donors (Lipinski definition) is 1. The molecule has 0 aromatic heterocycles. The molecule has 1 amide bonds. The molecule has 0 aromatic carbocycles. The van der Waals surface area contributed by atoms with Crippen molar-refractivity contribution in [1.29, 1.82) is 0 Å². The molecule has 0 saturated heterocycles. The van der Waals surface area contributed by atoms with Gasteiger partial charge in [-0.2, -0.15) is 0 Å². The van der Waals surface area contributed by atoms with Gasteiger partial charge in [0, 0.05) is 0 Å². The zero-order chi connectivity index (χ0) is 11.1. The van der Waals surface area contributed by atoms with Crippen molar-refractivity contribution in [3.63, 3.8) is 0 Å². The minimum absolute atomic E-state index is 0.0155. The Morgan fingerprint density at radius 2 is 2.07 bits per heavy atom. The number of carbonyl (C=O) groups excluding carboxylic acids is 1. The van der Waals surface area contributed by atoms with Crippen molar-refractivity contribution in [2.45, 2.75) is 56.2 Å². The molecule has 0 spiro atoms. The van der Waals surface area contributed by atoms with Gasteiger partial charge in [0.1, 0.15) is 4.32 Å². The Hall–Kier alpha value is -0.0900. The smallest absolute Gasteiger partial charge is 0.260 e. The van der Waals surface area contributed by atoms with Crippen LogP contribution in [0.1, 0.15) is 51.9 Å². The van der Waals surface area contributed by atoms with E-state index in [1.54, 1.807) is 0 Å². The maximum absolute atomic E-state index is 11.8. The Labute approximate surface area is 100 Å². The van der Waals surface area contributed by atoms with Crippen LogP contribution in [0.25, 0.3) is 0 Å². The van der Waals surface area contributed by atoms with Crippen LogP contribution in [0.5, 0.6) is 0 Å². The molecule has 4 heteroatoms. The maximum Gasteiger partial charge on any atom is 0.260 e. The first-order chi connectivity index (χ1) is 7.19. The number of nitrogens with one attached hydrogen (secondary N) is 1. The molecule has 0 aromatic rings. The Balaban J connectivity index is 2.25. The first kappa shape index (κ1) is 13.0. The minimum atomic E-state index is -0.378. The van der Waals surface area contributed by atoms with Gasteiger partial charge in [-0.1, -0.05) is 48.5 Å². The zero-order valence-electron chi connectivity index (χ0n) is 9.35. The Morgan fingerprint density at radius 1 is 1.40 bits per heavy atom. The van der Waals surface area contributed by atoms with Crippen LogP contribution in [0.4, 0.5) is 0 Å². The van der Waals surface area contributed by atoms with Gasteiger partial charge in [0.05, 0.1) is 6.61 Å². The van der Waals surface area contributed by atoms with E-state index in [9.17, 15) is 4.79 Å². The largest absolute Gasteiger partial charge is 0.274 e. The summed E-state index contributed by atoms with van der Waals surface area (Å²) in [5, 5.41) is 0.